The highest BCUT2D eigenvalue weighted by Gasteiger charge is 2.40. The number of nitrogens with two attached hydrogens (primary N) is 1. The molecule has 1 aromatic heterocycles. The van der Waals surface area contributed by atoms with Gasteiger partial charge in [0.05, 0.1) is 10.9 Å². The van der Waals surface area contributed by atoms with E-state index in [0.29, 0.717) is 35.2 Å². The van der Waals surface area contributed by atoms with Gasteiger partial charge in [-0.1, -0.05) is 13.8 Å². The van der Waals surface area contributed by atoms with E-state index in [4.69, 9.17) is 5.73 Å². The van der Waals surface area contributed by atoms with Crippen LogP contribution >= 0.6 is 0 Å². The number of hydrogen-bond acceptors (Lipinski definition) is 6. The summed E-state index contributed by atoms with van der Waals surface area (Å²) in [5.74, 6) is 0.877. The quantitative estimate of drug-likeness (QED) is 0.613. The predicted octanol–water partition coefficient (Wildman–Crippen LogP) is 3.56. The van der Waals surface area contributed by atoms with E-state index in [1.807, 2.05) is 13.8 Å². The van der Waals surface area contributed by atoms with Crippen LogP contribution in [0.5, 0.6) is 0 Å². The predicted molar refractivity (Wildman–Crippen MR) is 121 cm³/mol. The maximum absolute atomic E-state index is 12.8. The number of urea groups is 1. The molecule has 1 aromatic carbocycles. The molecule has 0 aliphatic rings. The van der Waals surface area contributed by atoms with Gasteiger partial charge in [0.15, 0.2) is 15.7 Å². The molecule has 30 heavy (non-hydrogen) atoms. The molecule has 0 fully saturated rings. The number of anilines is 2. The Bertz CT molecular complexity index is 1000. The normalized spacial score (nSPS) is 12.3. The third-order valence-electron chi connectivity index (χ3n) is 4.77. The number of nitrogen functional groups attached to an aromatic ring is 1. The van der Waals surface area contributed by atoms with Crippen molar-refractivity contribution in [1.29, 1.82) is 0 Å². The molecule has 8 nitrogen and oxygen atoms in total. The first kappa shape index (κ1) is 23.6. The van der Waals surface area contributed by atoms with Crippen LogP contribution in [0.15, 0.2) is 30.3 Å². The number of nitrogens with one attached hydrogen (secondary N) is 2. The zero-order valence-corrected chi connectivity index (χ0v) is 19.2. The van der Waals surface area contributed by atoms with Crippen LogP contribution in [0.2, 0.25) is 0 Å². The van der Waals surface area contributed by atoms with Crippen molar-refractivity contribution in [3.05, 3.63) is 36.0 Å². The van der Waals surface area contributed by atoms with E-state index in [1.54, 1.807) is 52.0 Å². The van der Waals surface area contributed by atoms with Crippen LogP contribution in [0.25, 0.3) is 11.4 Å². The lowest BCUT2D eigenvalue weighted by molar-refractivity contribution is 0.251. The summed E-state index contributed by atoms with van der Waals surface area (Å²) in [6, 6.07) is 8.18. The van der Waals surface area contributed by atoms with Crippen LogP contribution in [0.3, 0.4) is 0 Å². The molecule has 2 aromatic rings. The fourth-order valence-electron chi connectivity index (χ4n) is 2.81. The Balaban J connectivity index is 2.30. The topological polar surface area (TPSA) is 127 Å². The van der Waals surface area contributed by atoms with E-state index in [1.165, 1.54) is 6.07 Å². The molecule has 2 rings (SSSR count). The Hall–Kier alpha value is -2.68. The highest BCUT2D eigenvalue weighted by atomic mass is 32.2. The van der Waals surface area contributed by atoms with Gasteiger partial charge in [-0.25, -0.2) is 23.2 Å². The maximum Gasteiger partial charge on any atom is 0.319 e. The number of nitrogens with zero attached hydrogens (tertiary/aromatic N) is 2. The second-order valence-electron chi connectivity index (χ2n) is 8.41. The Morgan fingerprint density at radius 2 is 1.70 bits per heavy atom. The molecule has 0 aliphatic carbocycles. The van der Waals surface area contributed by atoms with Crippen molar-refractivity contribution in [2.24, 2.45) is 5.92 Å². The number of aromatic nitrogens is 2. The fourth-order valence-corrected chi connectivity index (χ4v) is 4.39. The van der Waals surface area contributed by atoms with Crippen molar-refractivity contribution in [2.45, 2.75) is 51.5 Å². The minimum absolute atomic E-state index is 0.192. The standard InChI is InChI=1S/C21H31N5O3S/c1-13(2)12-23-20(27)24-16-9-7-15(8-10-16)19-25-17(11-18(22)26-19)21(5,6)30(28,29)14(3)4/h7-11,13-14H,12H2,1-6H3,(H2,22,25,26)(H2,23,24,27). The summed E-state index contributed by atoms with van der Waals surface area (Å²) in [5, 5.41) is 4.99. The van der Waals surface area contributed by atoms with E-state index in [-0.39, 0.29) is 11.8 Å². The summed E-state index contributed by atoms with van der Waals surface area (Å²) in [5.41, 5.74) is 7.58. The fraction of sp³-hybridized carbons (Fsp3) is 0.476. The highest BCUT2D eigenvalue weighted by Crippen LogP contribution is 2.33. The zero-order valence-electron chi connectivity index (χ0n) is 18.4. The van der Waals surface area contributed by atoms with E-state index in [2.05, 4.69) is 20.6 Å². The van der Waals surface area contributed by atoms with Crippen molar-refractivity contribution in [3.8, 4) is 11.4 Å². The first-order chi connectivity index (χ1) is 13.8. The van der Waals surface area contributed by atoms with Crippen LogP contribution in [0, 0.1) is 5.92 Å². The molecule has 2 amide bonds. The Morgan fingerprint density at radius 1 is 1.10 bits per heavy atom. The smallest absolute Gasteiger partial charge is 0.319 e. The van der Waals surface area contributed by atoms with E-state index in [9.17, 15) is 13.2 Å². The van der Waals surface area contributed by atoms with Gasteiger partial charge < -0.3 is 16.4 Å². The number of sulfone groups is 1. The third kappa shape index (κ3) is 5.27. The second kappa shape index (κ2) is 8.99. The van der Waals surface area contributed by atoms with Crippen LogP contribution in [-0.2, 0) is 14.6 Å². The molecule has 0 radical (unpaired) electrons. The first-order valence-electron chi connectivity index (χ1n) is 9.88. The number of carbonyl (C=O) groups excluding carboxylic acids is 1. The maximum atomic E-state index is 12.8. The molecular formula is C21H31N5O3S. The van der Waals surface area contributed by atoms with E-state index >= 15 is 0 Å². The Morgan fingerprint density at radius 3 is 2.23 bits per heavy atom. The molecule has 0 saturated carbocycles. The number of carbonyl (C=O) groups is 1. The number of amides is 2. The minimum atomic E-state index is -3.48. The lowest BCUT2D eigenvalue weighted by atomic mass is 10.1. The minimum Gasteiger partial charge on any atom is -0.384 e. The molecule has 0 unspecified atom stereocenters. The average molecular weight is 434 g/mol. The van der Waals surface area contributed by atoms with Gasteiger partial charge in [0, 0.05) is 23.9 Å². The monoisotopic (exact) mass is 433 g/mol. The zero-order chi connectivity index (χ0) is 22.7. The molecule has 0 bridgehead atoms. The second-order valence-corrected chi connectivity index (χ2v) is 11.5. The van der Waals surface area contributed by atoms with Crippen LogP contribution < -0.4 is 16.4 Å². The van der Waals surface area contributed by atoms with Crippen molar-refractivity contribution < 1.29 is 13.2 Å². The number of benzene rings is 1. The van der Waals surface area contributed by atoms with Crippen LogP contribution in [0.4, 0.5) is 16.3 Å². The van der Waals surface area contributed by atoms with Gasteiger partial charge in [-0.05, 0) is 57.9 Å². The number of rotatable bonds is 7. The van der Waals surface area contributed by atoms with Gasteiger partial charge in [-0.2, -0.15) is 0 Å². The van der Waals surface area contributed by atoms with Crippen LogP contribution in [0.1, 0.15) is 47.2 Å². The van der Waals surface area contributed by atoms with Crippen molar-refractivity contribution in [1.82, 2.24) is 15.3 Å². The molecule has 0 saturated heterocycles. The lowest BCUT2D eigenvalue weighted by Gasteiger charge is -2.27. The molecule has 1 heterocycles. The van der Waals surface area contributed by atoms with Gasteiger partial charge in [0.1, 0.15) is 10.6 Å². The van der Waals surface area contributed by atoms with E-state index < -0.39 is 19.8 Å². The number of hydrogen-bond donors (Lipinski definition) is 3. The van der Waals surface area contributed by atoms with Gasteiger partial charge in [0.25, 0.3) is 0 Å². The molecular weight excluding hydrogens is 402 g/mol. The SMILES string of the molecule is CC(C)CNC(=O)Nc1ccc(-c2nc(N)cc(C(C)(C)S(=O)(=O)C(C)C)n2)cc1. The summed E-state index contributed by atoms with van der Waals surface area (Å²) >= 11 is 0. The van der Waals surface area contributed by atoms with Crippen molar-refractivity contribution in [3.63, 3.8) is 0 Å². The Labute approximate surface area is 178 Å². The summed E-state index contributed by atoms with van der Waals surface area (Å²) in [4.78, 5) is 20.6. The summed E-state index contributed by atoms with van der Waals surface area (Å²) < 4.78 is 24.4. The van der Waals surface area contributed by atoms with Crippen molar-refractivity contribution in [2.75, 3.05) is 17.6 Å². The summed E-state index contributed by atoms with van der Waals surface area (Å²) in [7, 11) is -3.48. The highest BCUT2D eigenvalue weighted by molar-refractivity contribution is 7.92. The largest absolute Gasteiger partial charge is 0.384 e. The molecule has 0 aliphatic heterocycles. The average Bonchev–Trinajstić information content (AvgIpc) is 2.66. The third-order valence-corrected chi connectivity index (χ3v) is 7.64. The van der Waals surface area contributed by atoms with Gasteiger partial charge in [0.2, 0.25) is 0 Å². The molecule has 4 N–H and O–H groups in total. The lowest BCUT2D eigenvalue weighted by Crippen LogP contribution is -2.36. The van der Waals surface area contributed by atoms with Gasteiger partial charge in [-0.15, -0.1) is 0 Å². The molecule has 9 heteroatoms. The molecule has 164 valence electrons. The first-order valence-corrected chi connectivity index (χ1v) is 11.4. The summed E-state index contributed by atoms with van der Waals surface area (Å²) in [6.07, 6.45) is 0. The van der Waals surface area contributed by atoms with Gasteiger partial charge >= 0.3 is 6.03 Å². The van der Waals surface area contributed by atoms with Crippen LogP contribution in [-0.4, -0.2) is 36.2 Å². The molecule has 0 atom stereocenters. The molecule has 0 spiro atoms. The van der Waals surface area contributed by atoms with E-state index in [0.717, 1.165) is 0 Å². The van der Waals surface area contributed by atoms with Crippen molar-refractivity contribution >= 4 is 27.4 Å². The summed E-state index contributed by atoms with van der Waals surface area (Å²) in [6.45, 7) is 11.1. The van der Waals surface area contributed by atoms with Gasteiger partial charge in [-0.3, -0.25) is 0 Å². The Kier molecular flexibility index (Phi) is 7.07.